The molecule has 0 N–H and O–H groups in total. The zero-order valence-electron chi connectivity index (χ0n) is 7.67. The van der Waals surface area contributed by atoms with E-state index in [2.05, 4.69) is 20.9 Å². The van der Waals surface area contributed by atoms with E-state index in [-0.39, 0.29) is 0 Å². The summed E-state index contributed by atoms with van der Waals surface area (Å²) in [5, 5.41) is 0.481. The Morgan fingerprint density at radius 3 is 2.86 bits per heavy atom. The Morgan fingerprint density at radius 2 is 2.29 bits per heavy atom. The Kier molecular flexibility index (Phi) is 3.01. The van der Waals surface area contributed by atoms with Gasteiger partial charge in [0.2, 0.25) is 11.8 Å². The second-order valence-corrected chi connectivity index (χ2v) is 4.05. The first-order chi connectivity index (χ1) is 6.79. The van der Waals surface area contributed by atoms with Crippen LogP contribution < -0.4 is 4.74 Å². The molecule has 0 radical (unpaired) electrons. The van der Waals surface area contributed by atoms with Crippen LogP contribution >= 0.6 is 15.9 Å². The molecule has 1 saturated carbocycles. The molecule has 1 aromatic heterocycles. The molecule has 0 bridgehead atoms. The highest BCUT2D eigenvalue weighted by Crippen LogP contribution is 2.29. The molecule has 1 aromatic rings. The molecule has 0 saturated heterocycles. The van der Waals surface area contributed by atoms with Gasteiger partial charge in [0.1, 0.15) is 0 Å². The number of hydrogen-bond acceptors (Lipinski definition) is 2. The van der Waals surface area contributed by atoms with Crippen molar-refractivity contribution in [2.45, 2.75) is 18.2 Å². The lowest BCUT2D eigenvalue weighted by atomic mass is 10.3. The predicted molar refractivity (Wildman–Crippen MR) is 55.0 cm³/mol. The molecule has 0 aromatic carbocycles. The van der Waals surface area contributed by atoms with Crippen LogP contribution in [0, 0.1) is 11.9 Å². The maximum Gasteiger partial charge on any atom is 0.220 e. The summed E-state index contributed by atoms with van der Waals surface area (Å²) in [4.78, 5) is 3.72. The molecule has 14 heavy (non-hydrogen) atoms. The summed E-state index contributed by atoms with van der Waals surface area (Å²) in [6.07, 6.45) is 2.45. The molecule has 0 atom stereocenters. The van der Waals surface area contributed by atoms with Crippen LogP contribution in [0.1, 0.15) is 18.4 Å². The molecule has 1 fully saturated rings. The van der Waals surface area contributed by atoms with E-state index in [1.54, 1.807) is 12.1 Å². The SMILES string of the molecule is Fc1nc(OCC2CC2)ccc1CBr. The molecule has 0 aliphatic heterocycles. The number of rotatable bonds is 4. The number of nitrogens with zero attached hydrogens (tertiary/aromatic N) is 1. The van der Waals surface area contributed by atoms with E-state index < -0.39 is 5.95 Å². The van der Waals surface area contributed by atoms with Gasteiger partial charge in [-0.3, -0.25) is 0 Å². The standard InChI is InChI=1S/C10H11BrFNO/c11-5-8-3-4-9(13-10(8)12)14-6-7-1-2-7/h3-4,7H,1-2,5-6H2. The summed E-state index contributed by atoms with van der Waals surface area (Å²) in [7, 11) is 0. The first-order valence-electron chi connectivity index (χ1n) is 4.64. The van der Waals surface area contributed by atoms with E-state index in [0.717, 1.165) is 0 Å². The smallest absolute Gasteiger partial charge is 0.220 e. The highest BCUT2D eigenvalue weighted by molar-refractivity contribution is 9.08. The maximum absolute atomic E-state index is 13.2. The molecule has 2 rings (SSSR count). The largest absolute Gasteiger partial charge is 0.477 e. The molecule has 0 spiro atoms. The summed E-state index contributed by atoms with van der Waals surface area (Å²) in [5.74, 6) is 0.602. The molecule has 1 heterocycles. The second-order valence-electron chi connectivity index (χ2n) is 3.49. The third-order valence-corrected chi connectivity index (χ3v) is 2.81. The molecule has 1 aliphatic carbocycles. The first-order valence-corrected chi connectivity index (χ1v) is 5.76. The normalized spacial score (nSPS) is 15.6. The summed E-state index contributed by atoms with van der Waals surface area (Å²) in [6, 6.07) is 3.40. The van der Waals surface area contributed by atoms with Crippen LogP contribution in [-0.4, -0.2) is 11.6 Å². The van der Waals surface area contributed by atoms with Gasteiger partial charge in [-0.25, -0.2) is 0 Å². The highest BCUT2D eigenvalue weighted by atomic mass is 79.9. The van der Waals surface area contributed by atoms with Crippen LogP contribution in [0.5, 0.6) is 5.88 Å². The fourth-order valence-corrected chi connectivity index (χ4v) is 1.53. The van der Waals surface area contributed by atoms with Gasteiger partial charge >= 0.3 is 0 Å². The highest BCUT2D eigenvalue weighted by Gasteiger charge is 2.22. The van der Waals surface area contributed by atoms with Crippen LogP contribution in [0.3, 0.4) is 0 Å². The molecule has 2 nitrogen and oxygen atoms in total. The van der Waals surface area contributed by atoms with Crippen molar-refractivity contribution in [3.05, 3.63) is 23.6 Å². The Balaban J connectivity index is 1.99. The molecular formula is C10H11BrFNO. The lowest BCUT2D eigenvalue weighted by Gasteiger charge is -2.04. The monoisotopic (exact) mass is 259 g/mol. The van der Waals surface area contributed by atoms with Crippen molar-refractivity contribution in [1.82, 2.24) is 4.98 Å². The molecule has 4 heteroatoms. The zero-order chi connectivity index (χ0) is 9.97. The summed E-state index contributed by atoms with van der Waals surface area (Å²) >= 11 is 3.18. The molecule has 1 aliphatic rings. The van der Waals surface area contributed by atoms with Gasteiger partial charge in [-0.05, 0) is 24.8 Å². The molecule has 76 valence electrons. The summed E-state index contributed by atoms with van der Waals surface area (Å²) in [5.41, 5.74) is 0.559. The molecule has 0 unspecified atom stereocenters. The minimum Gasteiger partial charge on any atom is -0.477 e. The number of aromatic nitrogens is 1. The van der Waals surface area contributed by atoms with Crippen LogP contribution in [0.4, 0.5) is 4.39 Å². The number of pyridine rings is 1. The van der Waals surface area contributed by atoms with Gasteiger partial charge in [0.25, 0.3) is 0 Å². The van der Waals surface area contributed by atoms with E-state index in [4.69, 9.17) is 4.74 Å². The van der Waals surface area contributed by atoms with Crippen molar-refractivity contribution in [3.8, 4) is 5.88 Å². The second kappa shape index (κ2) is 4.26. The van der Waals surface area contributed by atoms with Gasteiger partial charge in [-0.15, -0.1) is 0 Å². The van der Waals surface area contributed by atoms with Gasteiger partial charge in [0, 0.05) is 17.0 Å². The van der Waals surface area contributed by atoms with Crippen molar-refractivity contribution >= 4 is 15.9 Å². The van der Waals surface area contributed by atoms with E-state index in [1.165, 1.54) is 12.8 Å². The summed E-state index contributed by atoms with van der Waals surface area (Å²) in [6.45, 7) is 0.667. The molecular weight excluding hydrogens is 249 g/mol. The molecule has 0 amide bonds. The van der Waals surface area contributed by atoms with Crippen molar-refractivity contribution in [1.29, 1.82) is 0 Å². The Bertz CT molecular complexity index is 328. The fraction of sp³-hybridized carbons (Fsp3) is 0.500. The number of halogens is 2. The maximum atomic E-state index is 13.2. The minimum absolute atomic E-state index is 0.388. The fourth-order valence-electron chi connectivity index (χ4n) is 1.11. The zero-order valence-corrected chi connectivity index (χ0v) is 9.26. The van der Waals surface area contributed by atoms with Crippen molar-refractivity contribution in [2.24, 2.45) is 5.92 Å². The van der Waals surface area contributed by atoms with Crippen molar-refractivity contribution in [3.63, 3.8) is 0 Å². The third-order valence-electron chi connectivity index (χ3n) is 2.21. The topological polar surface area (TPSA) is 22.1 Å². The van der Waals surface area contributed by atoms with Gasteiger partial charge in [0.05, 0.1) is 6.61 Å². The van der Waals surface area contributed by atoms with E-state index in [9.17, 15) is 4.39 Å². The van der Waals surface area contributed by atoms with Crippen LogP contribution in [-0.2, 0) is 5.33 Å². The Hall–Kier alpha value is -0.640. The predicted octanol–water partition coefficient (Wildman–Crippen LogP) is 2.90. The van der Waals surface area contributed by atoms with Gasteiger partial charge in [-0.1, -0.05) is 15.9 Å². The van der Waals surface area contributed by atoms with Gasteiger partial charge in [0.15, 0.2) is 0 Å². The first kappa shape index (κ1) is 9.90. The third kappa shape index (κ3) is 2.44. The number of alkyl halides is 1. The number of hydrogen-bond donors (Lipinski definition) is 0. The van der Waals surface area contributed by atoms with Crippen LogP contribution in [0.2, 0.25) is 0 Å². The Morgan fingerprint density at radius 1 is 1.50 bits per heavy atom. The quantitative estimate of drug-likeness (QED) is 0.613. The summed E-state index contributed by atoms with van der Waals surface area (Å²) < 4.78 is 18.5. The minimum atomic E-state index is -0.449. The van der Waals surface area contributed by atoms with Crippen LogP contribution in [0.25, 0.3) is 0 Å². The van der Waals surface area contributed by atoms with Crippen molar-refractivity contribution in [2.75, 3.05) is 6.61 Å². The van der Waals surface area contributed by atoms with Crippen LogP contribution in [0.15, 0.2) is 12.1 Å². The lowest BCUT2D eigenvalue weighted by Crippen LogP contribution is -2.02. The Labute approximate surface area is 90.6 Å². The van der Waals surface area contributed by atoms with E-state index in [0.29, 0.717) is 29.3 Å². The van der Waals surface area contributed by atoms with Gasteiger partial charge in [-0.2, -0.15) is 9.37 Å². The lowest BCUT2D eigenvalue weighted by molar-refractivity contribution is 0.284. The average Bonchev–Trinajstić information content (AvgIpc) is 2.98. The number of ether oxygens (including phenoxy) is 1. The average molecular weight is 260 g/mol. The van der Waals surface area contributed by atoms with Gasteiger partial charge < -0.3 is 4.74 Å². The van der Waals surface area contributed by atoms with E-state index >= 15 is 0 Å². The van der Waals surface area contributed by atoms with E-state index in [1.807, 2.05) is 0 Å². The van der Waals surface area contributed by atoms with Crippen molar-refractivity contribution < 1.29 is 9.13 Å².